The Kier molecular flexibility index (Phi) is 8.50. The smallest absolute Gasteiger partial charge is 0.253 e. The monoisotopic (exact) mass is 469 g/mol. The summed E-state index contributed by atoms with van der Waals surface area (Å²) in [6.07, 6.45) is 2.04. The molecule has 1 aliphatic rings. The Morgan fingerprint density at radius 1 is 1.03 bits per heavy atom. The highest BCUT2D eigenvalue weighted by atomic mass is 35.5. The summed E-state index contributed by atoms with van der Waals surface area (Å²) in [6.45, 7) is 6.99. The van der Waals surface area contributed by atoms with Crippen molar-refractivity contribution in [2.24, 2.45) is 5.92 Å². The summed E-state index contributed by atoms with van der Waals surface area (Å²) in [4.78, 5) is 40.7. The molecule has 2 unspecified atom stereocenters. The fraction of sp³-hybridized carbons (Fsp3) is 0.423. The van der Waals surface area contributed by atoms with Crippen LogP contribution in [0.5, 0.6) is 0 Å². The lowest BCUT2D eigenvalue weighted by Gasteiger charge is -2.36. The summed E-state index contributed by atoms with van der Waals surface area (Å²) in [5, 5.41) is 6.25. The van der Waals surface area contributed by atoms with Crippen molar-refractivity contribution >= 4 is 29.3 Å². The van der Waals surface area contributed by atoms with Gasteiger partial charge in [0.05, 0.1) is 10.6 Å². The predicted octanol–water partition coefficient (Wildman–Crippen LogP) is 4.21. The Balaban J connectivity index is 1.71. The molecule has 0 aliphatic carbocycles. The number of carbonyl (C=O) groups excluding carboxylic acids is 3. The number of hydrogen-bond acceptors (Lipinski definition) is 3. The van der Waals surface area contributed by atoms with Gasteiger partial charge in [-0.05, 0) is 63.3 Å². The molecular formula is C26H32ClN3O3. The molecule has 0 bridgehead atoms. The first-order valence-electron chi connectivity index (χ1n) is 11.5. The third-order valence-corrected chi connectivity index (χ3v) is 6.61. The predicted molar refractivity (Wildman–Crippen MR) is 130 cm³/mol. The zero-order valence-electron chi connectivity index (χ0n) is 19.4. The van der Waals surface area contributed by atoms with Crippen LogP contribution in [0.3, 0.4) is 0 Å². The highest BCUT2D eigenvalue weighted by Gasteiger charge is 2.34. The van der Waals surface area contributed by atoms with E-state index in [1.807, 2.05) is 49.9 Å². The lowest BCUT2D eigenvalue weighted by molar-refractivity contribution is -0.125. The van der Waals surface area contributed by atoms with E-state index in [4.69, 9.17) is 11.6 Å². The minimum absolute atomic E-state index is 0.000388. The zero-order valence-corrected chi connectivity index (χ0v) is 20.2. The molecule has 3 amide bonds. The molecule has 3 rings (SSSR count). The maximum atomic E-state index is 13.1. The molecule has 7 heteroatoms. The van der Waals surface area contributed by atoms with Crippen molar-refractivity contribution in [3.63, 3.8) is 0 Å². The van der Waals surface area contributed by atoms with Crippen LogP contribution in [0.4, 0.5) is 0 Å². The first-order chi connectivity index (χ1) is 15.8. The Morgan fingerprint density at radius 2 is 1.67 bits per heavy atom. The average Bonchev–Trinajstić information content (AvgIpc) is 2.82. The number of benzene rings is 2. The number of likely N-dealkylation sites (tertiary alicyclic amines) is 1. The van der Waals surface area contributed by atoms with E-state index in [1.54, 1.807) is 24.3 Å². The maximum Gasteiger partial charge on any atom is 0.253 e. The summed E-state index contributed by atoms with van der Waals surface area (Å²) >= 11 is 6.19. The van der Waals surface area contributed by atoms with E-state index in [0.717, 1.165) is 12.0 Å². The minimum Gasteiger partial charge on any atom is -0.352 e. The van der Waals surface area contributed by atoms with E-state index in [9.17, 15) is 14.4 Å². The number of halogens is 1. The van der Waals surface area contributed by atoms with E-state index in [0.29, 0.717) is 42.1 Å². The van der Waals surface area contributed by atoms with Gasteiger partial charge in [0.15, 0.2) is 0 Å². The molecule has 1 aliphatic heterocycles. The van der Waals surface area contributed by atoms with Crippen LogP contribution in [-0.2, 0) is 4.79 Å². The van der Waals surface area contributed by atoms with E-state index >= 15 is 0 Å². The van der Waals surface area contributed by atoms with Crippen LogP contribution in [0.2, 0.25) is 5.02 Å². The van der Waals surface area contributed by atoms with Crippen molar-refractivity contribution in [2.45, 2.75) is 52.1 Å². The Labute approximate surface area is 200 Å². The second-order valence-electron chi connectivity index (χ2n) is 8.74. The molecule has 0 aromatic heterocycles. The molecule has 2 aromatic carbocycles. The molecule has 1 saturated heterocycles. The Bertz CT molecular complexity index is 985. The summed E-state index contributed by atoms with van der Waals surface area (Å²) in [5.74, 6) is -0.659. The molecular weight excluding hydrogens is 438 g/mol. The third-order valence-electron chi connectivity index (χ3n) is 6.29. The molecule has 2 atom stereocenters. The number of piperidine rings is 1. The third kappa shape index (κ3) is 6.35. The van der Waals surface area contributed by atoms with Gasteiger partial charge in [-0.1, -0.05) is 48.4 Å². The molecule has 0 spiro atoms. The second-order valence-corrected chi connectivity index (χ2v) is 9.15. The fourth-order valence-corrected chi connectivity index (χ4v) is 4.23. The van der Waals surface area contributed by atoms with Crippen LogP contribution >= 0.6 is 11.6 Å². The molecule has 176 valence electrons. The van der Waals surface area contributed by atoms with Gasteiger partial charge >= 0.3 is 0 Å². The largest absolute Gasteiger partial charge is 0.352 e. The number of nitrogens with zero attached hydrogens (tertiary/aromatic N) is 1. The van der Waals surface area contributed by atoms with Crippen molar-refractivity contribution in [1.29, 1.82) is 0 Å². The molecule has 2 aromatic rings. The van der Waals surface area contributed by atoms with E-state index in [1.165, 1.54) is 0 Å². The zero-order chi connectivity index (χ0) is 24.0. The van der Waals surface area contributed by atoms with Crippen molar-refractivity contribution in [3.05, 3.63) is 70.2 Å². The summed E-state index contributed by atoms with van der Waals surface area (Å²) < 4.78 is 0. The lowest BCUT2D eigenvalue weighted by Crippen LogP contribution is -2.55. The normalized spacial score (nSPS) is 16.1. The first-order valence-corrected chi connectivity index (χ1v) is 11.9. The van der Waals surface area contributed by atoms with Gasteiger partial charge in [-0.3, -0.25) is 14.4 Å². The highest BCUT2D eigenvalue weighted by molar-refractivity contribution is 6.33. The molecule has 33 heavy (non-hydrogen) atoms. The number of carbonyl (C=O) groups is 3. The molecule has 1 heterocycles. The van der Waals surface area contributed by atoms with Crippen LogP contribution in [0, 0.1) is 12.8 Å². The van der Waals surface area contributed by atoms with E-state index in [-0.39, 0.29) is 29.7 Å². The number of amides is 3. The highest BCUT2D eigenvalue weighted by Crippen LogP contribution is 2.24. The van der Waals surface area contributed by atoms with Gasteiger partial charge in [0, 0.05) is 24.7 Å². The summed E-state index contributed by atoms with van der Waals surface area (Å²) in [5.41, 5.74) is 2.11. The molecule has 0 radical (unpaired) electrons. The quantitative estimate of drug-likeness (QED) is 0.637. The standard InChI is InChI=1S/C26H32ClN3O3/c1-4-18(3)28-25(32)23(29-24(31)21-7-5-6-8-22(21)27)19-13-15-30(16-14-19)26(33)20-11-9-17(2)10-12-20/h5-12,18-19,23H,4,13-16H2,1-3H3,(H,28,32)(H,29,31). The second kappa shape index (κ2) is 11.3. The van der Waals surface area contributed by atoms with Crippen LogP contribution in [0.15, 0.2) is 48.5 Å². The van der Waals surface area contributed by atoms with Crippen LogP contribution in [-0.4, -0.2) is 47.8 Å². The van der Waals surface area contributed by atoms with E-state index in [2.05, 4.69) is 10.6 Å². The molecule has 6 nitrogen and oxygen atoms in total. The Morgan fingerprint density at radius 3 is 2.27 bits per heavy atom. The van der Waals surface area contributed by atoms with Crippen molar-refractivity contribution < 1.29 is 14.4 Å². The Hall–Kier alpha value is -2.86. The van der Waals surface area contributed by atoms with Gasteiger partial charge in [0.1, 0.15) is 6.04 Å². The number of aryl methyl sites for hydroxylation is 1. The fourth-order valence-electron chi connectivity index (χ4n) is 4.01. The van der Waals surface area contributed by atoms with Gasteiger partial charge in [0.2, 0.25) is 5.91 Å². The van der Waals surface area contributed by atoms with Crippen LogP contribution < -0.4 is 10.6 Å². The van der Waals surface area contributed by atoms with Gasteiger partial charge in [-0.25, -0.2) is 0 Å². The van der Waals surface area contributed by atoms with Crippen molar-refractivity contribution in [3.8, 4) is 0 Å². The minimum atomic E-state index is -0.695. The molecule has 1 fully saturated rings. The molecule has 0 saturated carbocycles. The molecule has 2 N–H and O–H groups in total. The van der Waals surface area contributed by atoms with Crippen molar-refractivity contribution in [1.82, 2.24) is 15.5 Å². The number of nitrogens with one attached hydrogen (secondary N) is 2. The van der Waals surface area contributed by atoms with Crippen LogP contribution in [0.1, 0.15) is 59.4 Å². The van der Waals surface area contributed by atoms with Crippen molar-refractivity contribution in [2.75, 3.05) is 13.1 Å². The van der Waals surface area contributed by atoms with E-state index < -0.39 is 6.04 Å². The lowest BCUT2D eigenvalue weighted by atomic mass is 9.88. The average molecular weight is 470 g/mol. The van der Waals surface area contributed by atoms with Crippen LogP contribution in [0.25, 0.3) is 0 Å². The summed E-state index contributed by atoms with van der Waals surface area (Å²) in [6, 6.07) is 13.6. The number of hydrogen-bond donors (Lipinski definition) is 2. The van der Waals surface area contributed by atoms with Gasteiger partial charge < -0.3 is 15.5 Å². The topological polar surface area (TPSA) is 78.5 Å². The van der Waals surface area contributed by atoms with Gasteiger partial charge in [-0.2, -0.15) is 0 Å². The SMILES string of the molecule is CCC(C)NC(=O)C(NC(=O)c1ccccc1Cl)C1CCN(C(=O)c2ccc(C)cc2)CC1. The summed E-state index contributed by atoms with van der Waals surface area (Å²) in [7, 11) is 0. The first kappa shape index (κ1) is 24.8. The number of rotatable bonds is 7. The maximum absolute atomic E-state index is 13.1. The van der Waals surface area contributed by atoms with Gasteiger partial charge in [0.25, 0.3) is 11.8 Å². The van der Waals surface area contributed by atoms with Gasteiger partial charge in [-0.15, -0.1) is 0 Å².